The number of nitrogens with zero attached hydrogens (tertiary/aromatic N) is 2. The number of benzene rings is 1. The molecule has 7 heteroatoms. The van der Waals surface area contributed by atoms with Gasteiger partial charge in [0, 0.05) is 17.8 Å². The van der Waals surface area contributed by atoms with Crippen LogP contribution in [0.4, 0.5) is 16.0 Å². The lowest BCUT2D eigenvalue weighted by molar-refractivity contribution is 0.398. The molecule has 27 heavy (non-hydrogen) atoms. The van der Waals surface area contributed by atoms with Crippen molar-refractivity contribution in [1.82, 2.24) is 9.55 Å². The lowest BCUT2D eigenvalue weighted by Crippen LogP contribution is -2.21. The Kier molecular flexibility index (Phi) is 5.59. The number of methoxy groups -OCH3 is 2. The van der Waals surface area contributed by atoms with Crippen molar-refractivity contribution in [3.05, 3.63) is 64.4 Å². The van der Waals surface area contributed by atoms with Gasteiger partial charge in [-0.3, -0.25) is 4.79 Å². The van der Waals surface area contributed by atoms with Crippen molar-refractivity contribution >= 4 is 11.6 Å². The molecule has 0 amide bonds. The van der Waals surface area contributed by atoms with E-state index in [-0.39, 0.29) is 17.5 Å². The van der Waals surface area contributed by atoms with Crippen LogP contribution >= 0.6 is 0 Å². The first-order valence-electron chi connectivity index (χ1n) is 8.61. The zero-order chi connectivity index (χ0) is 19.4. The summed E-state index contributed by atoms with van der Waals surface area (Å²) in [4.78, 5) is 16.3. The van der Waals surface area contributed by atoms with Gasteiger partial charge >= 0.3 is 5.56 Å². The van der Waals surface area contributed by atoms with E-state index in [2.05, 4.69) is 10.3 Å². The van der Waals surface area contributed by atoms with E-state index in [1.165, 1.54) is 13.2 Å². The quantitative estimate of drug-likeness (QED) is 0.838. The predicted molar refractivity (Wildman–Crippen MR) is 103 cm³/mol. The van der Waals surface area contributed by atoms with Crippen LogP contribution in [0.5, 0.6) is 11.5 Å². The molecule has 1 heterocycles. The number of nitrogens with one attached hydrogen (secondary N) is 1. The molecule has 1 N–H and O–H groups in total. The van der Waals surface area contributed by atoms with Gasteiger partial charge in [-0.25, -0.2) is 4.39 Å². The fraction of sp³-hybridized carbons (Fsp3) is 0.300. The first-order chi connectivity index (χ1) is 13.0. The van der Waals surface area contributed by atoms with E-state index < -0.39 is 5.56 Å². The van der Waals surface area contributed by atoms with Crippen molar-refractivity contribution in [2.45, 2.75) is 19.9 Å². The van der Waals surface area contributed by atoms with Crippen LogP contribution in [0.25, 0.3) is 0 Å². The number of halogens is 1. The van der Waals surface area contributed by atoms with Gasteiger partial charge in [0.15, 0.2) is 0 Å². The molecule has 0 spiro atoms. The average molecular weight is 371 g/mol. The zero-order valence-electron chi connectivity index (χ0n) is 15.5. The average Bonchev–Trinajstić information content (AvgIpc) is 2.67. The summed E-state index contributed by atoms with van der Waals surface area (Å²) in [5, 5.41) is 3.21. The highest BCUT2D eigenvalue weighted by atomic mass is 19.1. The summed E-state index contributed by atoms with van der Waals surface area (Å²) >= 11 is 0. The lowest BCUT2D eigenvalue weighted by atomic mass is 10.0. The topological polar surface area (TPSA) is 65.4 Å². The second kappa shape index (κ2) is 8.07. The first kappa shape index (κ1) is 18.7. The number of allylic oxidation sites excluding steroid dienone is 4. The van der Waals surface area contributed by atoms with E-state index in [4.69, 9.17) is 9.47 Å². The molecule has 0 saturated heterocycles. The van der Waals surface area contributed by atoms with E-state index in [1.54, 1.807) is 19.4 Å². The lowest BCUT2D eigenvalue weighted by Gasteiger charge is -2.20. The summed E-state index contributed by atoms with van der Waals surface area (Å²) < 4.78 is 25.5. The fourth-order valence-corrected chi connectivity index (χ4v) is 2.97. The number of hydrogen-bond donors (Lipinski definition) is 1. The van der Waals surface area contributed by atoms with E-state index in [0.717, 1.165) is 17.0 Å². The van der Waals surface area contributed by atoms with Crippen LogP contribution in [-0.2, 0) is 6.54 Å². The zero-order valence-corrected chi connectivity index (χ0v) is 15.5. The summed E-state index contributed by atoms with van der Waals surface area (Å²) in [5.41, 5.74) is 1.23. The van der Waals surface area contributed by atoms with Gasteiger partial charge in [0.2, 0.25) is 11.7 Å². The highest BCUT2D eigenvalue weighted by molar-refractivity contribution is 5.62. The van der Waals surface area contributed by atoms with Crippen LogP contribution in [0.2, 0.25) is 0 Å². The van der Waals surface area contributed by atoms with Gasteiger partial charge in [-0.05, 0) is 43.5 Å². The van der Waals surface area contributed by atoms with Gasteiger partial charge in [-0.1, -0.05) is 12.1 Å². The SMILES string of the molecule is COc1cccc(Nc2nc(=O)c(OC)cn2CC2C=CC(F)=CC2)c1C. The predicted octanol–water partition coefficient (Wildman–Crippen LogP) is 3.74. The molecule has 0 saturated carbocycles. The van der Waals surface area contributed by atoms with Gasteiger partial charge in [-0.15, -0.1) is 0 Å². The van der Waals surface area contributed by atoms with Crippen LogP contribution in [0, 0.1) is 12.8 Å². The molecule has 0 fully saturated rings. The molecule has 0 bridgehead atoms. The summed E-state index contributed by atoms with van der Waals surface area (Å²) in [6.45, 7) is 2.44. The third kappa shape index (κ3) is 4.19. The summed E-state index contributed by atoms with van der Waals surface area (Å²) in [6, 6.07) is 5.61. The molecular formula is C20H22FN3O3. The molecule has 142 valence electrons. The highest BCUT2D eigenvalue weighted by Gasteiger charge is 2.15. The molecule has 2 aromatic rings. The van der Waals surface area contributed by atoms with E-state index in [0.29, 0.717) is 18.9 Å². The van der Waals surface area contributed by atoms with Crippen molar-refractivity contribution in [3.63, 3.8) is 0 Å². The smallest absolute Gasteiger partial charge is 0.316 e. The van der Waals surface area contributed by atoms with Crippen LogP contribution in [-0.4, -0.2) is 23.8 Å². The Labute approximate surface area is 157 Å². The maximum atomic E-state index is 13.2. The van der Waals surface area contributed by atoms with Crippen molar-refractivity contribution in [2.24, 2.45) is 5.92 Å². The molecule has 1 atom stereocenters. The van der Waals surface area contributed by atoms with Crippen molar-refractivity contribution in [1.29, 1.82) is 0 Å². The van der Waals surface area contributed by atoms with E-state index >= 15 is 0 Å². The molecule has 1 aromatic heterocycles. The second-order valence-corrected chi connectivity index (χ2v) is 6.29. The van der Waals surface area contributed by atoms with Gasteiger partial charge in [0.1, 0.15) is 11.6 Å². The Morgan fingerprint density at radius 1 is 1.30 bits per heavy atom. The Bertz CT molecular complexity index is 950. The summed E-state index contributed by atoms with van der Waals surface area (Å²) in [5.74, 6) is 1.14. The molecule has 1 aromatic carbocycles. The summed E-state index contributed by atoms with van der Waals surface area (Å²) in [7, 11) is 3.04. The van der Waals surface area contributed by atoms with Crippen LogP contribution < -0.4 is 20.3 Å². The van der Waals surface area contributed by atoms with Crippen LogP contribution in [0.3, 0.4) is 0 Å². The number of aromatic nitrogens is 2. The fourth-order valence-electron chi connectivity index (χ4n) is 2.97. The minimum absolute atomic E-state index is 0.0884. The molecule has 1 unspecified atom stereocenters. The minimum atomic E-state index is -0.457. The van der Waals surface area contributed by atoms with Crippen LogP contribution in [0.15, 0.2) is 53.2 Å². The molecule has 0 radical (unpaired) electrons. The number of rotatable bonds is 6. The van der Waals surface area contributed by atoms with Crippen molar-refractivity contribution in [3.8, 4) is 11.5 Å². The van der Waals surface area contributed by atoms with Crippen molar-refractivity contribution < 1.29 is 13.9 Å². The molecule has 1 aliphatic carbocycles. The van der Waals surface area contributed by atoms with Gasteiger partial charge in [0.05, 0.1) is 20.4 Å². The molecule has 1 aliphatic rings. The third-order valence-electron chi connectivity index (χ3n) is 4.51. The molecule has 0 aliphatic heterocycles. The Hall–Kier alpha value is -3.09. The maximum absolute atomic E-state index is 13.2. The largest absolute Gasteiger partial charge is 0.496 e. The van der Waals surface area contributed by atoms with Crippen molar-refractivity contribution in [2.75, 3.05) is 19.5 Å². The van der Waals surface area contributed by atoms with Gasteiger partial charge in [-0.2, -0.15) is 4.98 Å². The second-order valence-electron chi connectivity index (χ2n) is 6.29. The standard InChI is InChI=1S/C20H22FN3O3/c1-13-16(5-4-6-17(13)26-2)22-20-23-19(25)18(27-3)12-24(20)11-14-7-9-15(21)10-8-14/h4-7,9-10,12,14H,8,11H2,1-3H3,(H,22,23,25). The Morgan fingerprint density at radius 2 is 2.07 bits per heavy atom. The molecule has 3 rings (SSSR count). The molecular weight excluding hydrogens is 349 g/mol. The minimum Gasteiger partial charge on any atom is -0.496 e. The summed E-state index contributed by atoms with van der Waals surface area (Å²) in [6.07, 6.45) is 7.03. The number of ether oxygens (including phenoxy) is 2. The third-order valence-corrected chi connectivity index (χ3v) is 4.51. The monoisotopic (exact) mass is 371 g/mol. The normalized spacial score (nSPS) is 16.0. The number of hydrogen-bond acceptors (Lipinski definition) is 5. The molecule has 6 nitrogen and oxygen atoms in total. The Balaban J connectivity index is 1.95. The van der Waals surface area contributed by atoms with Gasteiger partial charge < -0.3 is 19.4 Å². The van der Waals surface area contributed by atoms with E-state index in [1.807, 2.05) is 35.8 Å². The Morgan fingerprint density at radius 3 is 2.74 bits per heavy atom. The maximum Gasteiger partial charge on any atom is 0.316 e. The number of anilines is 2. The van der Waals surface area contributed by atoms with Gasteiger partial charge in [0.25, 0.3) is 0 Å². The van der Waals surface area contributed by atoms with Crippen LogP contribution in [0.1, 0.15) is 12.0 Å². The first-order valence-corrected chi connectivity index (χ1v) is 8.61. The van der Waals surface area contributed by atoms with E-state index in [9.17, 15) is 9.18 Å². The highest BCUT2D eigenvalue weighted by Crippen LogP contribution is 2.28.